The number of sulfonamides is 1. The van der Waals surface area contributed by atoms with Gasteiger partial charge in [0, 0.05) is 23.5 Å². The fourth-order valence-corrected chi connectivity index (χ4v) is 6.10. The highest BCUT2D eigenvalue weighted by Crippen LogP contribution is 2.28. The monoisotopic (exact) mass is 603 g/mol. The number of hydrogen-bond acceptors (Lipinski definition) is 6. The highest BCUT2D eigenvalue weighted by molar-refractivity contribution is 7.98. The molecule has 0 bridgehead atoms. The molecular weight excluding hydrogens is 570 g/mol. The van der Waals surface area contributed by atoms with Crippen LogP contribution in [0.25, 0.3) is 0 Å². The Kier molecular flexibility index (Phi) is 11.3. The summed E-state index contributed by atoms with van der Waals surface area (Å²) in [7, 11) is -2.65. The van der Waals surface area contributed by atoms with E-state index in [0.29, 0.717) is 29.5 Å². The zero-order valence-corrected chi connectivity index (χ0v) is 25.4. The van der Waals surface area contributed by atoms with Crippen LogP contribution in [0.3, 0.4) is 0 Å². The first kappa shape index (κ1) is 31.3. The fraction of sp³-hybridized carbons (Fsp3) is 0.310. The van der Waals surface area contributed by atoms with E-state index in [1.165, 1.54) is 35.8 Å². The molecule has 0 spiro atoms. The number of halogens is 1. The molecule has 0 saturated carbocycles. The van der Waals surface area contributed by atoms with Gasteiger partial charge in [-0.3, -0.25) is 13.9 Å². The van der Waals surface area contributed by atoms with Gasteiger partial charge in [0.15, 0.2) is 0 Å². The van der Waals surface area contributed by atoms with Crippen LogP contribution in [-0.2, 0) is 26.2 Å². The van der Waals surface area contributed by atoms with Crippen LogP contribution in [0.2, 0.25) is 5.02 Å². The summed E-state index contributed by atoms with van der Waals surface area (Å²) in [5, 5.41) is 3.16. The van der Waals surface area contributed by atoms with Crippen molar-refractivity contribution in [3.63, 3.8) is 0 Å². The Hall–Kier alpha value is -3.21. The van der Waals surface area contributed by atoms with E-state index in [9.17, 15) is 18.0 Å². The van der Waals surface area contributed by atoms with Crippen LogP contribution < -0.4 is 14.4 Å². The molecule has 1 N–H and O–H groups in total. The minimum absolute atomic E-state index is 0.0505. The van der Waals surface area contributed by atoms with E-state index in [2.05, 4.69) is 5.32 Å². The van der Waals surface area contributed by atoms with Crippen LogP contribution in [0.5, 0.6) is 5.75 Å². The molecule has 3 rings (SSSR count). The molecule has 8 nitrogen and oxygen atoms in total. The molecule has 2 amide bonds. The van der Waals surface area contributed by atoms with E-state index in [0.717, 1.165) is 14.8 Å². The van der Waals surface area contributed by atoms with Crippen molar-refractivity contribution in [2.75, 3.05) is 30.8 Å². The third-order valence-corrected chi connectivity index (χ3v) is 9.04. The molecule has 11 heteroatoms. The molecule has 0 aliphatic heterocycles. The molecule has 0 radical (unpaired) electrons. The van der Waals surface area contributed by atoms with Gasteiger partial charge in [-0.25, -0.2) is 8.42 Å². The largest absolute Gasteiger partial charge is 0.494 e. The molecule has 40 heavy (non-hydrogen) atoms. The highest BCUT2D eigenvalue weighted by atomic mass is 35.5. The van der Waals surface area contributed by atoms with Crippen molar-refractivity contribution < 1.29 is 22.7 Å². The number of thioether (sulfide) groups is 1. The predicted molar refractivity (Wildman–Crippen MR) is 161 cm³/mol. The molecular formula is C29H34ClN3O5S2. The van der Waals surface area contributed by atoms with Gasteiger partial charge in [0.25, 0.3) is 10.0 Å². The Bertz CT molecular complexity index is 1380. The summed E-state index contributed by atoms with van der Waals surface area (Å²) in [4.78, 5) is 29.1. The first-order valence-electron chi connectivity index (χ1n) is 12.8. The van der Waals surface area contributed by atoms with Gasteiger partial charge in [-0.2, -0.15) is 0 Å². The molecule has 0 aliphatic carbocycles. The number of rotatable bonds is 13. The number of carbonyl (C=O) groups is 2. The lowest BCUT2D eigenvalue weighted by Crippen LogP contribution is -2.51. The molecule has 0 saturated heterocycles. The number of likely N-dealkylation sites (N-methyl/N-ethyl adjacent to an activating group) is 1. The summed E-state index contributed by atoms with van der Waals surface area (Å²) in [6.07, 6.45) is 2.24. The van der Waals surface area contributed by atoms with Gasteiger partial charge in [-0.15, -0.1) is 11.8 Å². The van der Waals surface area contributed by atoms with Crippen LogP contribution in [0, 0.1) is 0 Å². The molecule has 3 aromatic carbocycles. The Morgan fingerprint density at radius 2 is 1.60 bits per heavy atom. The van der Waals surface area contributed by atoms with E-state index in [4.69, 9.17) is 16.3 Å². The van der Waals surface area contributed by atoms with E-state index < -0.39 is 28.5 Å². The van der Waals surface area contributed by atoms with Crippen LogP contribution in [0.1, 0.15) is 25.8 Å². The second-order valence-corrected chi connectivity index (χ2v) is 12.0. The maximum absolute atomic E-state index is 14.0. The van der Waals surface area contributed by atoms with Crippen molar-refractivity contribution >= 4 is 50.9 Å². The number of nitrogens with zero attached hydrogens (tertiary/aromatic N) is 2. The average Bonchev–Trinajstić information content (AvgIpc) is 2.97. The zero-order chi connectivity index (χ0) is 29.3. The molecule has 0 fully saturated rings. The quantitative estimate of drug-likeness (QED) is 0.270. The third kappa shape index (κ3) is 7.71. The van der Waals surface area contributed by atoms with Crippen molar-refractivity contribution in [1.82, 2.24) is 10.2 Å². The van der Waals surface area contributed by atoms with Crippen LogP contribution in [0.4, 0.5) is 5.69 Å². The lowest BCUT2D eigenvalue weighted by Gasteiger charge is -2.33. The van der Waals surface area contributed by atoms with Gasteiger partial charge in [-0.05, 0) is 85.8 Å². The van der Waals surface area contributed by atoms with Crippen LogP contribution >= 0.6 is 23.4 Å². The molecule has 1 atom stereocenters. The Balaban J connectivity index is 2.05. The van der Waals surface area contributed by atoms with Crippen molar-refractivity contribution in [2.24, 2.45) is 0 Å². The summed E-state index contributed by atoms with van der Waals surface area (Å²) in [5.41, 5.74) is 1.05. The standard InChI is InChI=1S/C29H34ClN3O5S2/c1-5-27(29(35)31-3)32(19-21-7-9-22(30)10-8-21)28(34)20-33(23-11-13-24(14-12-23)38-6-2)40(36,37)26-17-15-25(39-4)16-18-26/h7-18,27H,5-6,19-20H2,1-4H3,(H,31,35)/t27-/m1/s1. The minimum atomic E-state index is -4.15. The number of hydrogen-bond donors (Lipinski definition) is 1. The van der Waals surface area contributed by atoms with Crippen molar-refractivity contribution in [3.8, 4) is 5.75 Å². The predicted octanol–water partition coefficient (Wildman–Crippen LogP) is 5.21. The van der Waals surface area contributed by atoms with Gasteiger partial charge in [-0.1, -0.05) is 30.7 Å². The van der Waals surface area contributed by atoms with Gasteiger partial charge in [0.1, 0.15) is 18.3 Å². The topological polar surface area (TPSA) is 96.0 Å². The normalized spacial score (nSPS) is 11.9. The Morgan fingerprint density at radius 1 is 0.975 bits per heavy atom. The maximum atomic E-state index is 14.0. The summed E-state index contributed by atoms with van der Waals surface area (Å²) >= 11 is 7.54. The van der Waals surface area contributed by atoms with Gasteiger partial charge < -0.3 is 15.0 Å². The van der Waals surface area contributed by atoms with Gasteiger partial charge in [0.05, 0.1) is 17.2 Å². The molecule has 0 aliphatic rings. The van der Waals surface area contributed by atoms with Crippen molar-refractivity contribution in [2.45, 2.75) is 42.6 Å². The van der Waals surface area contributed by atoms with E-state index in [1.54, 1.807) is 67.6 Å². The van der Waals surface area contributed by atoms with Crippen molar-refractivity contribution in [1.29, 1.82) is 0 Å². The molecule has 0 unspecified atom stereocenters. The highest BCUT2D eigenvalue weighted by Gasteiger charge is 2.33. The average molecular weight is 604 g/mol. The third-order valence-electron chi connectivity index (χ3n) is 6.26. The lowest BCUT2D eigenvalue weighted by molar-refractivity contribution is -0.140. The second kappa shape index (κ2) is 14.4. The fourth-order valence-electron chi connectivity index (χ4n) is 4.15. The first-order valence-corrected chi connectivity index (χ1v) is 15.8. The summed E-state index contributed by atoms with van der Waals surface area (Å²) < 4.78 is 34.5. The van der Waals surface area contributed by atoms with E-state index in [1.807, 2.05) is 13.2 Å². The van der Waals surface area contributed by atoms with E-state index >= 15 is 0 Å². The summed E-state index contributed by atoms with van der Waals surface area (Å²) in [6.45, 7) is 3.70. The van der Waals surface area contributed by atoms with Gasteiger partial charge in [0.2, 0.25) is 11.8 Å². The van der Waals surface area contributed by atoms with Gasteiger partial charge >= 0.3 is 0 Å². The molecule has 214 valence electrons. The maximum Gasteiger partial charge on any atom is 0.264 e. The summed E-state index contributed by atoms with van der Waals surface area (Å²) in [5.74, 6) is -0.286. The number of benzene rings is 3. The lowest BCUT2D eigenvalue weighted by atomic mass is 10.1. The van der Waals surface area contributed by atoms with Crippen molar-refractivity contribution in [3.05, 3.63) is 83.4 Å². The smallest absolute Gasteiger partial charge is 0.264 e. The number of anilines is 1. The van der Waals surface area contributed by atoms with Crippen LogP contribution in [0.15, 0.2) is 82.6 Å². The molecule has 0 heterocycles. The van der Waals surface area contributed by atoms with E-state index in [-0.39, 0.29) is 17.3 Å². The Morgan fingerprint density at radius 3 is 2.12 bits per heavy atom. The molecule has 3 aromatic rings. The van der Waals surface area contributed by atoms with Crippen LogP contribution in [-0.4, -0.2) is 57.6 Å². The number of ether oxygens (including phenoxy) is 1. The zero-order valence-electron chi connectivity index (χ0n) is 23.0. The first-order chi connectivity index (χ1) is 19.1. The minimum Gasteiger partial charge on any atom is -0.494 e. The Labute approximate surface area is 245 Å². The molecule has 0 aromatic heterocycles. The second-order valence-electron chi connectivity index (χ2n) is 8.80. The number of nitrogens with one attached hydrogen (secondary N) is 1. The SMILES string of the molecule is CCOc1ccc(N(CC(=O)N(Cc2ccc(Cl)cc2)[C@H](CC)C(=O)NC)S(=O)(=O)c2ccc(SC)cc2)cc1. The summed E-state index contributed by atoms with van der Waals surface area (Å²) in [6, 6.07) is 19.2. The number of carbonyl (C=O) groups excluding carboxylic acids is 2. The number of amides is 2.